The molecule has 0 aliphatic heterocycles. The summed E-state index contributed by atoms with van der Waals surface area (Å²) >= 11 is 3.99. The zero-order valence-electron chi connectivity index (χ0n) is 9.03. The monoisotopic (exact) mass is 234 g/mol. The lowest BCUT2D eigenvalue weighted by Crippen LogP contribution is -2.08. The van der Waals surface area contributed by atoms with E-state index in [0.717, 1.165) is 11.1 Å². The molecular formula is C12H14N2OS. The molecule has 0 radical (unpaired) electrons. The SMILES string of the molecule is C=Cc1ccc(/C(N)=C/S)cc1NC(C)=O. The molecule has 84 valence electrons. The quantitative estimate of drug-likeness (QED) is 0.704. The molecule has 3 nitrogen and oxygen atoms in total. The summed E-state index contributed by atoms with van der Waals surface area (Å²) in [6.07, 6.45) is 1.68. The average molecular weight is 234 g/mol. The van der Waals surface area contributed by atoms with Gasteiger partial charge < -0.3 is 11.1 Å². The number of nitrogens with two attached hydrogens (primary N) is 1. The minimum atomic E-state index is -0.131. The van der Waals surface area contributed by atoms with Crippen molar-refractivity contribution in [2.75, 3.05) is 5.32 Å². The van der Waals surface area contributed by atoms with Gasteiger partial charge in [0.25, 0.3) is 0 Å². The first-order valence-corrected chi connectivity index (χ1v) is 5.24. The van der Waals surface area contributed by atoms with E-state index in [1.54, 1.807) is 12.1 Å². The van der Waals surface area contributed by atoms with Crippen LogP contribution in [0.3, 0.4) is 0 Å². The fourth-order valence-corrected chi connectivity index (χ4v) is 1.44. The van der Waals surface area contributed by atoms with Gasteiger partial charge in [-0.3, -0.25) is 4.79 Å². The maximum absolute atomic E-state index is 11.0. The van der Waals surface area contributed by atoms with Crippen LogP contribution >= 0.6 is 12.6 Å². The summed E-state index contributed by atoms with van der Waals surface area (Å²) in [6, 6.07) is 5.49. The summed E-state index contributed by atoms with van der Waals surface area (Å²) in [4.78, 5) is 11.0. The van der Waals surface area contributed by atoms with Crippen LogP contribution in [0.5, 0.6) is 0 Å². The molecule has 0 bridgehead atoms. The number of nitrogens with one attached hydrogen (secondary N) is 1. The maximum atomic E-state index is 11.0. The van der Waals surface area contributed by atoms with Crippen LogP contribution in [0.25, 0.3) is 11.8 Å². The van der Waals surface area contributed by atoms with Crippen LogP contribution in [0.1, 0.15) is 18.1 Å². The molecule has 0 saturated heterocycles. The Balaban J connectivity index is 3.20. The molecule has 4 heteroatoms. The lowest BCUT2D eigenvalue weighted by molar-refractivity contribution is -0.114. The first-order chi connectivity index (χ1) is 7.58. The van der Waals surface area contributed by atoms with Crippen LogP contribution in [0, 0.1) is 0 Å². The summed E-state index contributed by atoms with van der Waals surface area (Å²) in [5, 5.41) is 4.24. The highest BCUT2D eigenvalue weighted by Gasteiger charge is 2.04. The molecule has 0 atom stereocenters. The fraction of sp³-hybridized carbons (Fsp3) is 0.0833. The molecule has 0 aliphatic carbocycles. The predicted octanol–water partition coefficient (Wildman–Crippen LogP) is 2.47. The number of thiol groups is 1. The standard InChI is InChI=1S/C12H14N2OS/c1-3-9-4-5-10(11(13)7-16)6-12(9)14-8(2)15/h3-7,16H,1,13H2,2H3,(H,14,15)/b11-7-. The Kier molecular flexibility index (Phi) is 4.19. The van der Waals surface area contributed by atoms with E-state index in [-0.39, 0.29) is 5.91 Å². The first-order valence-electron chi connectivity index (χ1n) is 4.72. The third-order valence-electron chi connectivity index (χ3n) is 2.06. The van der Waals surface area contributed by atoms with Crippen molar-refractivity contribution in [3.63, 3.8) is 0 Å². The molecule has 1 amide bonds. The van der Waals surface area contributed by atoms with Gasteiger partial charge in [0.05, 0.1) is 0 Å². The number of carbonyl (C=O) groups is 1. The number of hydrogen-bond acceptors (Lipinski definition) is 3. The molecule has 0 heterocycles. The molecule has 0 fully saturated rings. The van der Waals surface area contributed by atoms with Gasteiger partial charge in [-0.05, 0) is 22.6 Å². The molecule has 0 spiro atoms. The Bertz CT molecular complexity index is 452. The highest BCUT2D eigenvalue weighted by atomic mass is 32.1. The fourth-order valence-electron chi connectivity index (χ4n) is 1.29. The molecule has 3 N–H and O–H groups in total. The summed E-state index contributed by atoms with van der Waals surface area (Å²) < 4.78 is 0. The molecule has 1 aromatic rings. The van der Waals surface area contributed by atoms with Crippen LogP contribution in [-0.2, 0) is 4.79 Å². The molecule has 0 aliphatic rings. The first kappa shape index (κ1) is 12.4. The number of benzene rings is 1. The Morgan fingerprint density at radius 3 is 2.75 bits per heavy atom. The van der Waals surface area contributed by atoms with E-state index < -0.39 is 0 Å². The van der Waals surface area contributed by atoms with Gasteiger partial charge >= 0.3 is 0 Å². The molecular weight excluding hydrogens is 220 g/mol. The highest BCUT2D eigenvalue weighted by molar-refractivity contribution is 7.83. The minimum absolute atomic E-state index is 0.131. The molecule has 16 heavy (non-hydrogen) atoms. The highest BCUT2D eigenvalue weighted by Crippen LogP contribution is 2.22. The number of rotatable bonds is 3. The van der Waals surface area contributed by atoms with Crippen LogP contribution in [0.4, 0.5) is 5.69 Å². The number of anilines is 1. The third-order valence-corrected chi connectivity index (χ3v) is 2.33. The second kappa shape index (κ2) is 5.42. The number of amides is 1. The average Bonchev–Trinajstić information content (AvgIpc) is 2.27. The molecule has 0 aromatic heterocycles. The van der Waals surface area contributed by atoms with Gasteiger partial charge in [-0.2, -0.15) is 0 Å². The normalized spacial score (nSPS) is 11.0. The zero-order chi connectivity index (χ0) is 12.1. The lowest BCUT2D eigenvalue weighted by atomic mass is 10.1. The van der Waals surface area contributed by atoms with Gasteiger partial charge in [-0.1, -0.05) is 24.8 Å². The van der Waals surface area contributed by atoms with Crippen molar-refractivity contribution in [3.05, 3.63) is 41.3 Å². The van der Waals surface area contributed by atoms with Crippen LogP contribution in [0.15, 0.2) is 30.2 Å². The van der Waals surface area contributed by atoms with Gasteiger partial charge in [0.2, 0.25) is 5.91 Å². The van der Waals surface area contributed by atoms with E-state index in [9.17, 15) is 4.79 Å². The van der Waals surface area contributed by atoms with Gasteiger partial charge in [0.15, 0.2) is 0 Å². The lowest BCUT2D eigenvalue weighted by Gasteiger charge is -2.09. The van der Waals surface area contributed by atoms with Crippen molar-refractivity contribution in [2.45, 2.75) is 6.92 Å². The Hall–Kier alpha value is -1.68. The van der Waals surface area contributed by atoms with Gasteiger partial charge in [0.1, 0.15) is 0 Å². The van der Waals surface area contributed by atoms with Crippen molar-refractivity contribution in [3.8, 4) is 0 Å². The zero-order valence-corrected chi connectivity index (χ0v) is 9.92. The van der Waals surface area contributed by atoms with E-state index in [1.807, 2.05) is 12.1 Å². The van der Waals surface area contributed by atoms with Crippen molar-refractivity contribution < 1.29 is 4.79 Å². The predicted molar refractivity (Wildman–Crippen MR) is 72.0 cm³/mol. The van der Waals surface area contributed by atoms with E-state index in [2.05, 4.69) is 24.5 Å². The second-order valence-electron chi connectivity index (χ2n) is 3.27. The van der Waals surface area contributed by atoms with Crippen molar-refractivity contribution in [1.29, 1.82) is 0 Å². The molecule has 0 saturated carbocycles. The Morgan fingerprint density at radius 1 is 1.56 bits per heavy atom. The van der Waals surface area contributed by atoms with Crippen molar-refractivity contribution in [1.82, 2.24) is 0 Å². The Labute approximate surface area is 100 Å². The van der Waals surface area contributed by atoms with E-state index in [4.69, 9.17) is 5.73 Å². The van der Waals surface area contributed by atoms with Crippen LogP contribution < -0.4 is 11.1 Å². The molecule has 1 rings (SSSR count). The minimum Gasteiger partial charge on any atom is -0.398 e. The van der Waals surface area contributed by atoms with Crippen LogP contribution in [-0.4, -0.2) is 5.91 Å². The van der Waals surface area contributed by atoms with Gasteiger partial charge in [0, 0.05) is 18.3 Å². The van der Waals surface area contributed by atoms with Gasteiger partial charge in [-0.25, -0.2) is 0 Å². The third kappa shape index (κ3) is 2.90. The largest absolute Gasteiger partial charge is 0.398 e. The Morgan fingerprint density at radius 2 is 2.25 bits per heavy atom. The van der Waals surface area contributed by atoms with Crippen LogP contribution in [0.2, 0.25) is 0 Å². The summed E-state index contributed by atoms with van der Waals surface area (Å²) in [5.41, 5.74) is 8.63. The number of hydrogen-bond donors (Lipinski definition) is 3. The second-order valence-corrected chi connectivity index (χ2v) is 3.53. The van der Waals surface area contributed by atoms with E-state index in [0.29, 0.717) is 11.4 Å². The smallest absolute Gasteiger partial charge is 0.221 e. The van der Waals surface area contributed by atoms with E-state index in [1.165, 1.54) is 12.3 Å². The molecule has 1 aromatic carbocycles. The van der Waals surface area contributed by atoms with E-state index >= 15 is 0 Å². The summed E-state index contributed by atoms with van der Waals surface area (Å²) in [5.74, 6) is -0.131. The number of carbonyl (C=O) groups excluding carboxylic acids is 1. The van der Waals surface area contributed by atoms with Crippen molar-refractivity contribution in [2.24, 2.45) is 5.73 Å². The van der Waals surface area contributed by atoms with Crippen molar-refractivity contribution >= 4 is 36.0 Å². The summed E-state index contributed by atoms with van der Waals surface area (Å²) in [6.45, 7) is 5.14. The summed E-state index contributed by atoms with van der Waals surface area (Å²) in [7, 11) is 0. The maximum Gasteiger partial charge on any atom is 0.221 e. The van der Waals surface area contributed by atoms with Gasteiger partial charge in [-0.15, -0.1) is 12.6 Å². The topological polar surface area (TPSA) is 55.1 Å². The molecule has 0 unspecified atom stereocenters.